The zero-order valence-corrected chi connectivity index (χ0v) is 18.7. The zero-order valence-electron chi connectivity index (χ0n) is 18.7. The van der Waals surface area contributed by atoms with Gasteiger partial charge >= 0.3 is 0 Å². The van der Waals surface area contributed by atoms with Crippen molar-refractivity contribution in [2.24, 2.45) is 0 Å². The molecule has 1 aromatic carbocycles. The van der Waals surface area contributed by atoms with Gasteiger partial charge in [0.25, 0.3) is 5.91 Å². The quantitative estimate of drug-likeness (QED) is 0.562. The van der Waals surface area contributed by atoms with E-state index in [-0.39, 0.29) is 17.7 Å². The summed E-state index contributed by atoms with van der Waals surface area (Å²) in [5.41, 5.74) is 2.46. The molecule has 0 saturated heterocycles. The number of unbranched alkanes of at least 4 members (excludes halogenated alkanes) is 1. The molecule has 0 atom stereocenters. The number of anilines is 1. The van der Waals surface area contributed by atoms with Crippen molar-refractivity contribution >= 4 is 17.5 Å². The molecular formula is C23H39N3O2. The van der Waals surface area contributed by atoms with Gasteiger partial charge in [0.1, 0.15) is 0 Å². The van der Waals surface area contributed by atoms with Gasteiger partial charge in [0.2, 0.25) is 5.91 Å². The molecule has 0 spiro atoms. The second-order valence-electron chi connectivity index (χ2n) is 7.52. The van der Waals surface area contributed by atoms with E-state index in [1.54, 1.807) is 0 Å². The molecule has 0 fully saturated rings. The Balaban J connectivity index is 3.00. The Morgan fingerprint density at radius 3 is 2.21 bits per heavy atom. The summed E-state index contributed by atoms with van der Waals surface area (Å²) in [4.78, 5) is 29.5. The Bertz CT molecular complexity index is 624. The number of nitrogens with zero attached hydrogens (tertiary/aromatic N) is 2. The van der Waals surface area contributed by atoms with E-state index in [0.29, 0.717) is 25.1 Å². The molecule has 0 aromatic heterocycles. The Labute approximate surface area is 171 Å². The van der Waals surface area contributed by atoms with Gasteiger partial charge in [0.05, 0.1) is 0 Å². The SMILES string of the molecule is CCCCC(=O)Nc1cc(C(=O)N(CC)CCN(CC)CC)ccc1C(C)C. The number of carbonyl (C=O) groups excluding carboxylic acids is 2. The standard InChI is InChI=1S/C23H39N3O2/c1-7-11-12-22(27)24-21-17-19(13-14-20(21)18(5)6)23(28)26(10-4)16-15-25(8-2)9-3/h13-14,17-18H,7-12,15-16H2,1-6H3,(H,24,27). The highest BCUT2D eigenvalue weighted by Crippen LogP contribution is 2.26. The summed E-state index contributed by atoms with van der Waals surface area (Å²) in [5, 5.41) is 3.03. The maximum absolute atomic E-state index is 13.1. The van der Waals surface area contributed by atoms with Crippen LogP contribution in [0.2, 0.25) is 0 Å². The summed E-state index contributed by atoms with van der Waals surface area (Å²) in [5.74, 6) is 0.312. The van der Waals surface area contributed by atoms with Gasteiger partial charge < -0.3 is 15.1 Å². The van der Waals surface area contributed by atoms with E-state index in [9.17, 15) is 9.59 Å². The first kappa shape index (κ1) is 24.2. The van der Waals surface area contributed by atoms with E-state index in [1.807, 2.05) is 30.0 Å². The van der Waals surface area contributed by atoms with Crippen LogP contribution in [0.25, 0.3) is 0 Å². The summed E-state index contributed by atoms with van der Waals surface area (Å²) in [6, 6.07) is 5.71. The molecule has 0 aliphatic carbocycles. The van der Waals surface area contributed by atoms with E-state index < -0.39 is 0 Å². The molecule has 0 bridgehead atoms. The fourth-order valence-corrected chi connectivity index (χ4v) is 3.24. The predicted molar refractivity (Wildman–Crippen MR) is 118 cm³/mol. The van der Waals surface area contributed by atoms with E-state index >= 15 is 0 Å². The first-order valence-corrected chi connectivity index (χ1v) is 10.8. The monoisotopic (exact) mass is 389 g/mol. The second kappa shape index (κ2) is 12.6. The number of nitrogens with one attached hydrogen (secondary N) is 1. The van der Waals surface area contributed by atoms with E-state index in [0.717, 1.165) is 43.7 Å². The lowest BCUT2D eigenvalue weighted by atomic mass is 9.98. The van der Waals surface area contributed by atoms with E-state index in [1.165, 1.54) is 0 Å². The number of hydrogen-bond donors (Lipinski definition) is 1. The molecule has 2 amide bonds. The van der Waals surface area contributed by atoms with Crippen molar-refractivity contribution in [3.05, 3.63) is 29.3 Å². The third-order valence-electron chi connectivity index (χ3n) is 5.20. The average molecular weight is 390 g/mol. The molecule has 0 unspecified atom stereocenters. The first-order valence-electron chi connectivity index (χ1n) is 10.8. The zero-order chi connectivity index (χ0) is 21.1. The van der Waals surface area contributed by atoms with Crippen molar-refractivity contribution in [1.29, 1.82) is 0 Å². The molecule has 28 heavy (non-hydrogen) atoms. The molecule has 1 rings (SSSR count). The Hall–Kier alpha value is -1.88. The minimum Gasteiger partial charge on any atom is -0.338 e. The van der Waals surface area contributed by atoms with Crippen LogP contribution in [0.15, 0.2) is 18.2 Å². The van der Waals surface area contributed by atoms with Crippen LogP contribution in [0.4, 0.5) is 5.69 Å². The topological polar surface area (TPSA) is 52.7 Å². The van der Waals surface area contributed by atoms with Crippen LogP contribution in [-0.2, 0) is 4.79 Å². The maximum Gasteiger partial charge on any atom is 0.253 e. The minimum atomic E-state index is 0.0160. The fourth-order valence-electron chi connectivity index (χ4n) is 3.24. The van der Waals surface area contributed by atoms with Crippen molar-refractivity contribution in [1.82, 2.24) is 9.80 Å². The number of likely N-dealkylation sites (N-methyl/N-ethyl adjacent to an activating group) is 2. The van der Waals surface area contributed by atoms with E-state index in [4.69, 9.17) is 0 Å². The Morgan fingerprint density at radius 2 is 1.68 bits per heavy atom. The van der Waals surface area contributed by atoms with Gasteiger partial charge in [-0.2, -0.15) is 0 Å². The summed E-state index contributed by atoms with van der Waals surface area (Å²) in [7, 11) is 0. The van der Waals surface area contributed by atoms with E-state index in [2.05, 4.69) is 44.8 Å². The molecule has 5 heteroatoms. The van der Waals surface area contributed by atoms with Crippen LogP contribution in [-0.4, -0.2) is 54.3 Å². The predicted octanol–water partition coefficient (Wildman–Crippen LogP) is 4.74. The fraction of sp³-hybridized carbons (Fsp3) is 0.652. The number of benzene rings is 1. The summed E-state index contributed by atoms with van der Waals surface area (Å²) >= 11 is 0. The van der Waals surface area contributed by atoms with Crippen LogP contribution in [0.1, 0.15) is 82.6 Å². The van der Waals surface area contributed by atoms with Gasteiger partial charge in [-0.15, -0.1) is 0 Å². The third-order valence-corrected chi connectivity index (χ3v) is 5.20. The molecule has 1 N–H and O–H groups in total. The number of carbonyl (C=O) groups is 2. The van der Waals surface area contributed by atoms with Gasteiger partial charge in [-0.05, 0) is 50.0 Å². The first-order chi connectivity index (χ1) is 13.4. The molecule has 1 aromatic rings. The highest BCUT2D eigenvalue weighted by Gasteiger charge is 2.18. The molecule has 5 nitrogen and oxygen atoms in total. The molecule has 0 aliphatic heterocycles. The normalized spacial score (nSPS) is 11.1. The molecule has 0 saturated carbocycles. The second-order valence-corrected chi connectivity index (χ2v) is 7.52. The molecule has 0 radical (unpaired) electrons. The van der Waals surface area contributed by atoms with Crippen molar-refractivity contribution in [3.63, 3.8) is 0 Å². The molecule has 0 aliphatic rings. The lowest BCUT2D eigenvalue weighted by Crippen LogP contribution is -2.38. The van der Waals surface area contributed by atoms with Gasteiger partial charge in [0.15, 0.2) is 0 Å². The van der Waals surface area contributed by atoms with Crippen LogP contribution in [0, 0.1) is 0 Å². The van der Waals surface area contributed by atoms with Crippen molar-refractivity contribution in [3.8, 4) is 0 Å². The minimum absolute atomic E-state index is 0.0160. The van der Waals surface area contributed by atoms with Gasteiger partial charge in [-0.1, -0.05) is 47.1 Å². The summed E-state index contributed by atoms with van der Waals surface area (Å²) in [6.07, 6.45) is 2.37. The number of rotatable bonds is 12. The van der Waals surface area contributed by atoms with Crippen molar-refractivity contribution in [2.75, 3.05) is 38.0 Å². The Morgan fingerprint density at radius 1 is 1.00 bits per heavy atom. The summed E-state index contributed by atoms with van der Waals surface area (Å²) in [6.45, 7) is 16.8. The highest BCUT2D eigenvalue weighted by atomic mass is 16.2. The molecular weight excluding hydrogens is 350 g/mol. The lowest BCUT2D eigenvalue weighted by Gasteiger charge is -2.26. The van der Waals surface area contributed by atoms with Gasteiger partial charge in [-0.25, -0.2) is 0 Å². The molecule has 0 heterocycles. The van der Waals surface area contributed by atoms with Crippen molar-refractivity contribution < 1.29 is 9.59 Å². The number of amides is 2. The number of hydrogen-bond acceptors (Lipinski definition) is 3. The highest BCUT2D eigenvalue weighted by molar-refractivity contribution is 5.98. The van der Waals surface area contributed by atoms with Crippen LogP contribution in [0.3, 0.4) is 0 Å². The lowest BCUT2D eigenvalue weighted by molar-refractivity contribution is -0.116. The van der Waals surface area contributed by atoms with Crippen LogP contribution in [0.5, 0.6) is 0 Å². The van der Waals surface area contributed by atoms with Crippen molar-refractivity contribution in [2.45, 2.75) is 66.7 Å². The molecule has 158 valence electrons. The average Bonchev–Trinajstić information content (AvgIpc) is 2.69. The van der Waals surface area contributed by atoms with Crippen LogP contribution >= 0.6 is 0 Å². The van der Waals surface area contributed by atoms with Gasteiger partial charge in [-0.3, -0.25) is 9.59 Å². The smallest absolute Gasteiger partial charge is 0.253 e. The largest absolute Gasteiger partial charge is 0.338 e. The van der Waals surface area contributed by atoms with Gasteiger partial charge in [0, 0.05) is 37.3 Å². The maximum atomic E-state index is 13.1. The van der Waals surface area contributed by atoms with Crippen LogP contribution < -0.4 is 5.32 Å². The third kappa shape index (κ3) is 7.27. The Kier molecular flexibility index (Phi) is 10.8. The summed E-state index contributed by atoms with van der Waals surface area (Å²) < 4.78 is 0.